The Kier molecular flexibility index (Phi) is 5.08. The molecule has 2 amide bonds. The van der Waals surface area contributed by atoms with Gasteiger partial charge < -0.3 is 10.2 Å². The maximum atomic E-state index is 12.2. The fourth-order valence-electron chi connectivity index (χ4n) is 2.33. The minimum Gasteiger partial charge on any atom is -0.343 e. The van der Waals surface area contributed by atoms with E-state index in [2.05, 4.69) is 25.4 Å². The molecule has 4 nitrogen and oxygen atoms in total. The van der Waals surface area contributed by atoms with Gasteiger partial charge in [0.05, 0.1) is 0 Å². The largest absolute Gasteiger partial charge is 0.343 e. The van der Waals surface area contributed by atoms with Crippen LogP contribution in [0.15, 0.2) is 0 Å². The van der Waals surface area contributed by atoms with Crippen LogP contribution in [0.2, 0.25) is 0 Å². The number of nitrogens with one attached hydrogen (secondary N) is 1. The molecule has 1 aliphatic heterocycles. The molecule has 5 heteroatoms. The van der Waals surface area contributed by atoms with E-state index in [1.807, 2.05) is 0 Å². The monoisotopic (exact) mass is 272 g/mol. The number of amides is 2. The van der Waals surface area contributed by atoms with Gasteiger partial charge in [-0.2, -0.15) is 11.8 Å². The third-order valence-corrected chi connectivity index (χ3v) is 5.61. The molecule has 0 spiro atoms. The van der Waals surface area contributed by atoms with Gasteiger partial charge in [-0.1, -0.05) is 13.8 Å². The van der Waals surface area contributed by atoms with Crippen LogP contribution >= 0.6 is 11.8 Å². The van der Waals surface area contributed by atoms with Crippen molar-refractivity contribution >= 4 is 23.6 Å². The highest BCUT2D eigenvalue weighted by atomic mass is 32.2. The molecule has 0 saturated carbocycles. The van der Waals surface area contributed by atoms with Crippen LogP contribution in [0.5, 0.6) is 0 Å². The molecule has 1 aliphatic rings. The lowest BCUT2D eigenvalue weighted by atomic mass is 9.99. The van der Waals surface area contributed by atoms with Crippen LogP contribution in [-0.2, 0) is 9.59 Å². The van der Waals surface area contributed by atoms with Crippen LogP contribution in [0, 0.1) is 0 Å². The number of carbonyl (C=O) groups excluding carboxylic acids is 2. The van der Waals surface area contributed by atoms with Crippen LogP contribution in [0.3, 0.4) is 0 Å². The van der Waals surface area contributed by atoms with Crippen LogP contribution in [0.25, 0.3) is 0 Å². The van der Waals surface area contributed by atoms with Gasteiger partial charge in [-0.15, -0.1) is 0 Å². The molecule has 1 N–H and O–H groups in total. The van der Waals surface area contributed by atoms with Crippen LogP contribution in [0.1, 0.15) is 40.5 Å². The summed E-state index contributed by atoms with van der Waals surface area (Å²) in [5.74, 6) is -0.0215. The molecule has 1 heterocycles. The van der Waals surface area contributed by atoms with Gasteiger partial charge in [-0.25, -0.2) is 0 Å². The van der Waals surface area contributed by atoms with E-state index in [4.69, 9.17) is 0 Å². The van der Waals surface area contributed by atoms with Crippen LogP contribution in [-0.4, -0.2) is 46.3 Å². The van der Waals surface area contributed by atoms with Crippen molar-refractivity contribution in [1.82, 2.24) is 10.2 Å². The van der Waals surface area contributed by atoms with Gasteiger partial charge in [0.2, 0.25) is 11.8 Å². The predicted octanol–water partition coefficient (Wildman–Crippen LogP) is 1.64. The molecule has 0 aromatic heterocycles. The molecule has 18 heavy (non-hydrogen) atoms. The third-order valence-electron chi connectivity index (χ3n) is 4.04. The molecule has 0 bridgehead atoms. The molecule has 104 valence electrons. The van der Waals surface area contributed by atoms with Crippen molar-refractivity contribution in [1.29, 1.82) is 0 Å². The number of piperazine rings is 1. The predicted molar refractivity (Wildman–Crippen MR) is 75.6 cm³/mol. The standard InChI is InChI=1S/C13H24N2O2S/c1-6-13(7-2,18-5)8-15-10(4)11(16)14-9(3)12(15)17/h9-10H,6-8H2,1-5H3,(H,14,16). The molecular formula is C13H24N2O2S. The number of hydrogen-bond acceptors (Lipinski definition) is 3. The number of thioether (sulfide) groups is 1. The van der Waals surface area contributed by atoms with Crippen molar-refractivity contribution in [3.63, 3.8) is 0 Å². The first-order valence-electron chi connectivity index (χ1n) is 6.56. The lowest BCUT2D eigenvalue weighted by Gasteiger charge is -2.42. The fraction of sp³-hybridized carbons (Fsp3) is 0.846. The zero-order chi connectivity index (χ0) is 13.9. The second-order valence-corrected chi connectivity index (χ2v) is 6.24. The average molecular weight is 272 g/mol. The van der Waals surface area contributed by atoms with Gasteiger partial charge in [0.25, 0.3) is 0 Å². The molecule has 2 unspecified atom stereocenters. The fourth-order valence-corrected chi connectivity index (χ4v) is 3.17. The van der Waals surface area contributed by atoms with Crippen LogP contribution < -0.4 is 5.32 Å². The Morgan fingerprint density at radius 2 is 1.83 bits per heavy atom. The van der Waals surface area contributed by atoms with Crippen molar-refractivity contribution in [2.45, 2.75) is 57.4 Å². The van der Waals surface area contributed by atoms with E-state index >= 15 is 0 Å². The van der Waals surface area contributed by atoms with Crippen molar-refractivity contribution in [2.24, 2.45) is 0 Å². The summed E-state index contributed by atoms with van der Waals surface area (Å²) < 4.78 is 0.0568. The minimum absolute atomic E-state index is 0.0300. The van der Waals surface area contributed by atoms with Crippen molar-refractivity contribution in [3.05, 3.63) is 0 Å². The molecule has 1 fully saturated rings. The van der Waals surface area contributed by atoms with Crippen molar-refractivity contribution < 1.29 is 9.59 Å². The highest BCUT2D eigenvalue weighted by Gasteiger charge is 2.39. The van der Waals surface area contributed by atoms with E-state index in [1.54, 1.807) is 30.5 Å². The van der Waals surface area contributed by atoms with E-state index in [0.717, 1.165) is 12.8 Å². The summed E-state index contributed by atoms with van der Waals surface area (Å²) in [6, 6.07) is -0.764. The maximum absolute atomic E-state index is 12.2. The summed E-state index contributed by atoms with van der Waals surface area (Å²) in [7, 11) is 0. The number of rotatable bonds is 5. The highest BCUT2D eigenvalue weighted by Crippen LogP contribution is 2.32. The summed E-state index contributed by atoms with van der Waals surface area (Å²) in [5.41, 5.74) is 0. The Morgan fingerprint density at radius 3 is 2.28 bits per heavy atom. The molecule has 0 aromatic carbocycles. The smallest absolute Gasteiger partial charge is 0.245 e. The number of carbonyl (C=O) groups is 2. The minimum atomic E-state index is -0.401. The van der Waals surface area contributed by atoms with Gasteiger partial charge in [0.15, 0.2) is 0 Å². The zero-order valence-corrected chi connectivity index (χ0v) is 12.8. The Labute approximate surface area is 114 Å². The molecule has 1 rings (SSSR count). The van der Waals surface area contributed by atoms with E-state index in [1.165, 1.54) is 0 Å². The zero-order valence-electron chi connectivity index (χ0n) is 11.9. The van der Waals surface area contributed by atoms with Gasteiger partial charge in [0, 0.05) is 11.3 Å². The molecular weight excluding hydrogens is 248 g/mol. The lowest BCUT2D eigenvalue weighted by Crippen LogP contribution is -2.63. The first-order valence-corrected chi connectivity index (χ1v) is 7.79. The molecule has 0 aliphatic carbocycles. The first kappa shape index (κ1) is 15.3. The molecule has 2 atom stereocenters. The van der Waals surface area contributed by atoms with Gasteiger partial charge >= 0.3 is 0 Å². The van der Waals surface area contributed by atoms with Gasteiger partial charge in [-0.05, 0) is 32.9 Å². The quantitative estimate of drug-likeness (QED) is 0.828. The lowest BCUT2D eigenvalue weighted by molar-refractivity contribution is -0.148. The van der Waals surface area contributed by atoms with E-state index in [0.29, 0.717) is 6.54 Å². The third kappa shape index (κ3) is 2.82. The second-order valence-electron chi connectivity index (χ2n) is 4.97. The number of nitrogens with zero attached hydrogens (tertiary/aromatic N) is 1. The average Bonchev–Trinajstić information content (AvgIpc) is 2.38. The summed E-state index contributed by atoms with van der Waals surface area (Å²) in [5, 5.41) is 2.71. The summed E-state index contributed by atoms with van der Waals surface area (Å²) in [6.07, 6.45) is 4.07. The molecule has 0 aromatic rings. The SMILES string of the molecule is CCC(CC)(CN1C(=O)C(C)NC(=O)C1C)SC. The second kappa shape index (κ2) is 5.95. The Hall–Kier alpha value is -0.710. The van der Waals surface area contributed by atoms with E-state index in [9.17, 15) is 9.59 Å². The van der Waals surface area contributed by atoms with E-state index in [-0.39, 0.29) is 22.6 Å². The van der Waals surface area contributed by atoms with Gasteiger partial charge in [0.1, 0.15) is 12.1 Å². The topological polar surface area (TPSA) is 49.4 Å². The summed E-state index contributed by atoms with van der Waals surface area (Å²) >= 11 is 1.79. The Balaban J connectivity index is 2.91. The Morgan fingerprint density at radius 1 is 1.28 bits per heavy atom. The Bertz CT molecular complexity index is 321. The molecule has 0 radical (unpaired) electrons. The first-order chi connectivity index (χ1) is 8.40. The van der Waals surface area contributed by atoms with Gasteiger partial charge in [-0.3, -0.25) is 9.59 Å². The van der Waals surface area contributed by atoms with Crippen molar-refractivity contribution in [2.75, 3.05) is 12.8 Å². The van der Waals surface area contributed by atoms with Crippen molar-refractivity contribution in [3.8, 4) is 0 Å². The highest BCUT2D eigenvalue weighted by molar-refractivity contribution is 8.00. The van der Waals surface area contributed by atoms with E-state index < -0.39 is 6.04 Å². The maximum Gasteiger partial charge on any atom is 0.245 e. The van der Waals surface area contributed by atoms with Crippen LogP contribution in [0.4, 0.5) is 0 Å². The number of hydrogen-bond donors (Lipinski definition) is 1. The summed E-state index contributed by atoms with van der Waals surface area (Å²) in [4.78, 5) is 25.8. The molecule has 1 saturated heterocycles. The normalized spacial score (nSPS) is 25.3. The summed E-state index contributed by atoms with van der Waals surface area (Å²) in [6.45, 7) is 8.48.